The van der Waals surface area contributed by atoms with E-state index in [2.05, 4.69) is 10.3 Å². The van der Waals surface area contributed by atoms with Gasteiger partial charge in [-0.15, -0.1) is 0 Å². The van der Waals surface area contributed by atoms with Crippen LogP contribution in [-0.2, 0) is 6.18 Å². The number of hydrogen-bond acceptors (Lipinski definition) is 3. The van der Waals surface area contributed by atoms with Gasteiger partial charge in [0.2, 0.25) is 0 Å². The highest BCUT2D eigenvalue weighted by Crippen LogP contribution is 2.33. The van der Waals surface area contributed by atoms with Crippen LogP contribution < -0.4 is 10.2 Å². The van der Waals surface area contributed by atoms with Crippen molar-refractivity contribution in [1.29, 1.82) is 0 Å². The standard InChI is InChI=1S/C11H12F3N3/c12-11(13,14)7-1-2-15-10(3-7)17-6-8-4-9(17)5-16-8/h1-3,8-9,16H,4-6H2. The summed E-state index contributed by atoms with van der Waals surface area (Å²) in [6, 6.07) is 2.84. The Morgan fingerprint density at radius 1 is 1.41 bits per heavy atom. The largest absolute Gasteiger partial charge is 0.416 e. The summed E-state index contributed by atoms with van der Waals surface area (Å²) in [5, 5.41) is 3.31. The van der Waals surface area contributed by atoms with Crippen molar-refractivity contribution in [3.8, 4) is 0 Å². The summed E-state index contributed by atoms with van der Waals surface area (Å²) in [5.74, 6) is 0.439. The lowest BCUT2D eigenvalue weighted by atomic mass is 10.2. The smallest absolute Gasteiger partial charge is 0.351 e. The molecule has 0 aromatic carbocycles. The van der Waals surface area contributed by atoms with Crippen LogP contribution in [0.2, 0.25) is 0 Å². The highest BCUT2D eigenvalue weighted by Gasteiger charge is 2.39. The number of fused-ring (bicyclic) bond motifs is 2. The lowest BCUT2D eigenvalue weighted by Crippen LogP contribution is -2.44. The number of nitrogens with one attached hydrogen (secondary N) is 1. The second-order valence-corrected chi connectivity index (χ2v) is 4.55. The fraction of sp³-hybridized carbons (Fsp3) is 0.545. The number of pyridine rings is 1. The molecule has 0 amide bonds. The van der Waals surface area contributed by atoms with Crippen LogP contribution in [-0.4, -0.2) is 30.2 Å². The summed E-state index contributed by atoms with van der Waals surface area (Å²) < 4.78 is 37.8. The molecule has 0 aliphatic carbocycles. The molecule has 1 aromatic rings. The maximum absolute atomic E-state index is 12.6. The van der Waals surface area contributed by atoms with Crippen LogP contribution in [0, 0.1) is 0 Å². The third-order valence-electron chi connectivity index (χ3n) is 3.42. The first-order valence-electron chi connectivity index (χ1n) is 5.57. The number of anilines is 1. The molecule has 2 aliphatic heterocycles. The van der Waals surface area contributed by atoms with Crippen molar-refractivity contribution in [3.63, 3.8) is 0 Å². The predicted molar refractivity (Wildman–Crippen MR) is 56.8 cm³/mol. The van der Waals surface area contributed by atoms with Crippen LogP contribution in [0.3, 0.4) is 0 Å². The van der Waals surface area contributed by atoms with Gasteiger partial charge in [0.15, 0.2) is 0 Å². The zero-order valence-corrected chi connectivity index (χ0v) is 9.04. The number of halogens is 3. The van der Waals surface area contributed by atoms with Crippen molar-refractivity contribution in [2.24, 2.45) is 0 Å². The predicted octanol–water partition coefficient (Wildman–Crippen LogP) is 1.65. The quantitative estimate of drug-likeness (QED) is 0.813. The van der Waals surface area contributed by atoms with E-state index < -0.39 is 11.7 Å². The zero-order chi connectivity index (χ0) is 12.0. The van der Waals surface area contributed by atoms with Gasteiger partial charge in [-0.1, -0.05) is 0 Å². The molecule has 17 heavy (non-hydrogen) atoms. The molecule has 2 bridgehead atoms. The Bertz CT molecular complexity index is 432. The second-order valence-electron chi connectivity index (χ2n) is 4.55. The zero-order valence-electron chi connectivity index (χ0n) is 9.04. The van der Waals surface area contributed by atoms with Gasteiger partial charge in [0.05, 0.1) is 5.56 Å². The van der Waals surface area contributed by atoms with E-state index in [1.54, 1.807) is 0 Å². The highest BCUT2D eigenvalue weighted by atomic mass is 19.4. The summed E-state index contributed by atoms with van der Waals surface area (Å²) in [7, 11) is 0. The molecule has 1 aromatic heterocycles. The molecule has 6 heteroatoms. The van der Waals surface area contributed by atoms with Gasteiger partial charge in [-0.2, -0.15) is 13.2 Å². The Morgan fingerprint density at radius 3 is 2.82 bits per heavy atom. The van der Waals surface area contributed by atoms with Crippen molar-refractivity contribution in [1.82, 2.24) is 10.3 Å². The molecule has 0 spiro atoms. The Labute approximate surface area is 96.6 Å². The summed E-state index contributed by atoms with van der Waals surface area (Å²) in [6.07, 6.45) is -2.07. The molecule has 0 radical (unpaired) electrons. The molecule has 2 saturated heterocycles. The van der Waals surface area contributed by atoms with Gasteiger partial charge < -0.3 is 10.2 Å². The molecule has 1 N–H and O–H groups in total. The van der Waals surface area contributed by atoms with Crippen molar-refractivity contribution in [2.75, 3.05) is 18.0 Å². The average molecular weight is 243 g/mol. The van der Waals surface area contributed by atoms with Crippen LogP contribution in [0.5, 0.6) is 0 Å². The van der Waals surface area contributed by atoms with Gasteiger partial charge in [-0.25, -0.2) is 4.98 Å². The Kier molecular flexibility index (Phi) is 2.29. The maximum Gasteiger partial charge on any atom is 0.416 e. The van der Waals surface area contributed by atoms with E-state index in [1.807, 2.05) is 4.90 Å². The third-order valence-corrected chi connectivity index (χ3v) is 3.42. The Balaban J connectivity index is 1.89. The molecule has 3 heterocycles. The van der Waals surface area contributed by atoms with Crippen LogP contribution in [0.4, 0.5) is 19.0 Å². The average Bonchev–Trinajstić information content (AvgIpc) is 2.89. The molecule has 2 atom stereocenters. The van der Waals surface area contributed by atoms with E-state index in [4.69, 9.17) is 0 Å². The first-order chi connectivity index (χ1) is 8.04. The lowest BCUT2D eigenvalue weighted by Gasteiger charge is -2.28. The van der Waals surface area contributed by atoms with Gasteiger partial charge in [0.25, 0.3) is 0 Å². The van der Waals surface area contributed by atoms with E-state index in [1.165, 1.54) is 6.20 Å². The van der Waals surface area contributed by atoms with Crippen molar-refractivity contribution in [3.05, 3.63) is 23.9 Å². The van der Waals surface area contributed by atoms with Crippen LogP contribution in [0.1, 0.15) is 12.0 Å². The van der Waals surface area contributed by atoms with Gasteiger partial charge in [0.1, 0.15) is 5.82 Å². The molecular weight excluding hydrogens is 231 g/mol. The van der Waals surface area contributed by atoms with E-state index in [9.17, 15) is 13.2 Å². The molecule has 3 nitrogen and oxygen atoms in total. The minimum atomic E-state index is -4.30. The van der Waals surface area contributed by atoms with Crippen molar-refractivity contribution in [2.45, 2.75) is 24.7 Å². The van der Waals surface area contributed by atoms with E-state index in [-0.39, 0.29) is 6.04 Å². The molecule has 2 unspecified atom stereocenters. The number of alkyl halides is 3. The molecule has 3 rings (SSSR count). The second kappa shape index (κ2) is 3.60. The van der Waals surface area contributed by atoms with Crippen LogP contribution >= 0.6 is 0 Å². The monoisotopic (exact) mass is 243 g/mol. The third kappa shape index (κ3) is 1.86. The molecule has 0 saturated carbocycles. The summed E-state index contributed by atoms with van der Waals surface area (Å²) >= 11 is 0. The molecule has 2 aliphatic rings. The fourth-order valence-corrected chi connectivity index (χ4v) is 2.59. The first kappa shape index (κ1) is 10.8. The number of rotatable bonds is 1. The Morgan fingerprint density at radius 2 is 2.24 bits per heavy atom. The topological polar surface area (TPSA) is 28.2 Å². The summed E-state index contributed by atoms with van der Waals surface area (Å²) in [5.41, 5.74) is -0.627. The minimum Gasteiger partial charge on any atom is -0.351 e. The van der Waals surface area contributed by atoms with Crippen LogP contribution in [0.25, 0.3) is 0 Å². The van der Waals surface area contributed by atoms with Crippen molar-refractivity contribution < 1.29 is 13.2 Å². The SMILES string of the molecule is FC(F)(F)c1ccnc(N2CC3CC2CN3)c1. The summed E-state index contributed by atoms with van der Waals surface area (Å²) in [4.78, 5) is 6.02. The van der Waals surface area contributed by atoms with E-state index >= 15 is 0 Å². The first-order valence-corrected chi connectivity index (χ1v) is 5.57. The number of nitrogens with zero attached hydrogens (tertiary/aromatic N) is 2. The lowest BCUT2D eigenvalue weighted by molar-refractivity contribution is -0.137. The fourth-order valence-electron chi connectivity index (χ4n) is 2.59. The van der Waals surface area contributed by atoms with Crippen LogP contribution in [0.15, 0.2) is 18.3 Å². The minimum absolute atomic E-state index is 0.288. The Hall–Kier alpha value is -1.30. The normalized spacial score (nSPS) is 27.8. The summed E-state index contributed by atoms with van der Waals surface area (Å²) in [6.45, 7) is 1.58. The molecular formula is C11H12F3N3. The maximum atomic E-state index is 12.6. The van der Waals surface area contributed by atoms with Crippen molar-refractivity contribution >= 4 is 5.82 Å². The van der Waals surface area contributed by atoms with E-state index in [0.717, 1.165) is 31.6 Å². The number of aromatic nitrogens is 1. The van der Waals surface area contributed by atoms with Gasteiger partial charge in [-0.05, 0) is 18.6 Å². The number of hydrogen-bond donors (Lipinski definition) is 1. The number of piperazine rings is 1. The van der Waals surface area contributed by atoms with E-state index in [0.29, 0.717) is 11.9 Å². The molecule has 92 valence electrons. The highest BCUT2D eigenvalue weighted by molar-refractivity contribution is 5.45. The van der Waals surface area contributed by atoms with Gasteiger partial charge >= 0.3 is 6.18 Å². The van der Waals surface area contributed by atoms with Gasteiger partial charge in [0, 0.05) is 31.4 Å². The molecule has 2 fully saturated rings. The van der Waals surface area contributed by atoms with Gasteiger partial charge in [-0.3, -0.25) is 0 Å².